The zero-order chi connectivity index (χ0) is 28.1. The Balaban J connectivity index is 1.24. The molecule has 3 N–H and O–H groups in total. The summed E-state index contributed by atoms with van der Waals surface area (Å²) in [4.78, 5) is 29.4. The third-order valence-electron chi connectivity index (χ3n) is 8.13. The topological polar surface area (TPSA) is 116 Å². The number of aryl methyl sites for hydroxylation is 1. The molecule has 0 spiro atoms. The molecule has 1 aliphatic carbocycles. The zero-order valence-electron chi connectivity index (χ0n) is 22.6. The minimum Gasteiger partial charge on any atom is -0.388 e. The van der Waals surface area contributed by atoms with Crippen molar-refractivity contribution in [1.29, 1.82) is 0 Å². The van der Waals surface area contributed by atoms with Crippen LogP contribution in [-0.2, 0) is 19.5 Å². The molecule has 0 saturated carbocycles. The van der Waals surface area contributed by atoms with Gasteiger partial charge in [0.15, 0.2) is 0 Å². The molecule has 11 heteroatoms. The lowest BCUT2D eigenvalue weighted by molar-refractivity contribution is 0.103. The number of thiophene rings is 1. The number of aliphatic hydroxyl groups excluding tert-OH is 1. The maximum atomic E-state index is 14.7. The van der Waals surface area contributed by atoms with Gasteiger partial charge in [-0.25, -0.2) is 9.49 Å². The summed E-state index contributed by atoms with van der Waals surface area (Å²) in [6, 6.07) is 9.89. The van der Waals surface area contributed by atoms with E-state index in [1.165, 1.54) is 23.5 Å². The summed E-state index contributed by atoms with van der Waals surface area (Å²) in [6.07, 6.45) is 0.836. The molecule has 0 radical (unpaired) electrons. The smallest absolute Gasteiger partial charge is 0.267 e. The molecular formula is C29H31FN6O3S. The first-order valence-corrected chi connectivity index (χ1v) is 14.3. The lowest BCUT2D eigenvalue weighted by atomic mass is 9.87. The molecule has 3 unspecified atom stereocenters. The first-order chi connectivity index (χ1) is 19.2. The van der Waals surface area contributed by atoms with Crippen LogP contribution in [0.3, 0.4) is 0 Å². The number of aromatic amines is 1. The summed E-state index contributed by atoms with van der Waals surface area (Å²) >= 11 is 1.32. The predicted molar refractivity (Wildman–Crippen MR) is 151 cm³/mol. The number of amides is 1. The number of likely N-dealkylation sites (N-methyl/N-ethyl adjacent to an activating group) is 1. The molecule has 1 amide bonds. The van der Waals surface area contributed by atoms with Gasteiger partial charge in [-0.1, -0.05) is 13.8 Å². The van der Waals surface area contributed by atoms with Crippen LogP contribution in [0.4, 0.5) is 10.1 Å². The second-order valence-corrected chi connectivity index (χ2v) is 12.0. The van der Waals surface area contributed by atoms with Gasteiger partial charge in [0, 0.05) is 35.0 Å². The van der Waals surface area contributed by atoms with Crippen LogP contribution in [0.25, 0.3) is 11.3 Å². The number of nitrogens with one attached hydrogen (secondary N) is 2. The average Bonchev–Trinajstić information content (AvgIpc) is 3.65. The van der Waals surface area contributed by atoms with E-state index in [1.54, 1.807) is 18.2 Å². The molecule has 0 saturated heterocycles. The monoisotopic (exact) mass is 562 g/mol. The van der Waals surface area contributed by atoms with Crippen LogP contribution in [0.15, 0.2) is 41.2 Å². The number of halogens is 1. The molecule has 6 rings (SSSR count). The summed E-state index contributed by atoms with van der Waals surface area (Å²) in [6.45, 7) is 6.69. The van der Waals surface area contributed by atoms with Crippen LogP contribution in [0.2, 0.25) is 0 Å². The Hall–Kier alpha value is -3.67. The molecule has 4 heterocycles. The number of anilines is 1. The molecular weight excluding hydrogens is 531 g/mol. The second kappa shape index (κ2) is 10.4. The molecule has 1 aliphatic heterocycles. The number of fused-ring (bicyclic) bond motifs is 2. The molecule has 0 fully saturated rings. The number of hydrogen-bond acceptors (Lipinski definition) is 7. The van der Waals surface area contributed by atoms with Crippen molar-refractivity contribution in [3.8, 4) is 11.3 Å². The minimum absolute atomic E-state index is 0.0149. The Morgan fingerprint density at radius 2 is 2.02 bits per heavy atom. The van der Waals surface area contributed by atoms with Crippen LogP contribution in [-0.4, -0.2) is 49.5 Å². The molecule has 2 aliphatic rings. The Bertz CT molecular complexity index is 1660. The van der Waals surface area contributed by atoms with Crippen molar-refractivity contribution in [2.45, 2.75) is 57.7 Å². The molecule has 208 valence electrons. The lowest BCUT2D eigenvalue weighted by Gasteiger charge is -2.22. The summed E-state index contributed by atoms with van der Waals surface area (Å²) < 4.78 is 16.8. The van der Waals surface area contributed by atoms with Gasteiger partial charge in [-0.15, -0.1) is 11.3 Å². The number of aromatic nitrogens is 4. The van der Waals surface area contributed by atoms with Crippen molar-refractivity contribution in [2.75, 3.05) is 18.9 Å². The number of carbonyl (C=O) groups is 1. The predicted octanol–water partition coefficient (Wildman–Crippen LogP) is 4.42. The molecule has 40 heavy (non-hydrogen) atoms. The van der Waals surface area contributed by atoms with Gasteiger partial charge in [-0.3, -0.25) is 19.2 Å². The maximum Gasteiger partial charge on any atom is 0.267 e. The highest BCUT2D eigenvalue weighted by molar-refractivity contribution is 7.14. The third-order valence-corrected chi connectivity index (χ3v) is 9.34. The molecule has 3 atom stereocenters. The normalized spacial score (nSPS) is 18.3. The van der Waals surface area contributed by atoms with Crippen LogP contribution >= 0.6 is 11.3 Å². The average molecular weight is 563 g/mol. The van der Waals surface area contributed by atoms with E-state index in [0.29, 0.717) is 28.1 Å². The Kier molecular flexibility index (Phi) is 6.89. The van der Waals surface area contributed by atoms with E-state index in [2.05, 4.69) is 40.5 Å². The zero-order valence-corrected chi connectivity index (χ0v) is 23.4. The van der Waals surface area contributed by atoms with Crippen LogP contribution < -0.4 is 10.9 Å². The number of aliphatic hydroxyl groups is 1. The maximum absolute atomic E-state index is 14.7. The van der Waals surface area contributed by atoms with Crippen molar-refractivity contribution in [2.24, 2.45) is 0 Å². The van der Waals surface area contributed by atoms with Gasteiger partial charge in [0.05, 0.1) is 40.3 Å². The Morgan fingerprint density at radius 3 is 2.83 bits per heavy atom. The highest BCUT2D eigenvalue weighted by Crippen LogP contribution is 2.38. The van der Waals surface area contributed by atoms with E-state index < -0.39 is 17.8 Å². The van der Waals surface area contributed by atoms with Crippen LogP contribution in [0, 0.1) is 5.82 Å². The fourth-order valence-electron chi connectivity index (χ4n) is 5.49. The second-order valence-electron chi connectivity index (χ2n) is 10.8. The van der Waals surface area contributed by atoms with Crippen molar-refractivity contribution in [3.05, 3.63) is 84.8 Å². The van der Waals surface area contributed by atoms with Gasteiger partial charge in [-0.2, -0.15) is 10.2 Å². The third kappa shape index (κ3) is 4.89. The highest BCUT2D eigenvalue weighted by atomic mass is 32.1. The van der Waals surface area contributed by atoms with Gasteiger partial charge in [-0.05, 0) is 67.8 Å². The van der Waals surface area contributed by atoms with E-state index in [1.807, 2.05) is 11.6 Å². The van der Waals surface area contributed by atoms with E-state index in [0.717, 1.165) is 47.9 Å². The molecule has 0 bridgehead atoms. The number of hydrogen-bond donors (Lipinski definition) is 3. The van der Waals surface area contributed by atoms with Crippen molar-refractivity contribution < 1.29 is 14.3 Å². The summed E-state index contributed by atoms with van der Waals surface area (Å²) in [5.41, 5.74) is 4.19. The number of carbonyl (C=O) groups excluding carboxylic acids is 1. The number of H-pyrrole nitrogens is 1. The van der Waals surface area contributed by atoms with Crippen molar-refractivity contribution in [1.82, 2.24) is 24.9 Å². The fraction of sp³-hybridized carbons (Fsp3) is 0.379. The first kappa shape index (κ1) is 26.5. The number of benzene rings is 1. The quantitative estimate of drug-likeness (QED) is 0.321. The standard InChI is InChI=1S/C29H31FN6O3S/c1-15(16(2)22-11-18-14-35(3)8-9-36(18)34-22)19-12-23(32-33-28(19)38)17-4-5-21(30)24(10-17)31-29(39)27-13-20-25(37)6-7-26(20)40-27/h4-5,10-13,15-16,25,37H,6-9,14H2,1-3H3,(H,31,39)(H,33,38). The molecule has 3 aromatic heterocycles. The van der Waals surface area contributed by atoms with Gasteiger partial charge in [0.25, 0.3) is 11.5 Å². The Morgan fingerprint density at radius 1 is 1.20 bits per heavy atom. The largest absolute Gasteiger partial charge is 0.388 e. The van der Waals surface area contributed by atoms with E-state index >= 15 is 0 Å². The Labute approximate surface area is 234 Å². The molecule has 4 aromatic rings. The van der Waals surface area contributed by atoms with Gasteiger partial charge in [0.1, 0.15) is 5.82 Å². The fourth-order valence-corrected chi connectivity index (χ4v) is 6.62. The first-order valence-electron chi connectivity index (χ1n) is 13.4. The number of rotatable bonds is 6. The van der Waals surface area contributed by atoms with E-state index in [4.69, 9.17) is 5.10 Å². The SMILES string of the molecule is CC(c1cc2n(n1)CCN(C)C2)C(C)c1cc(-c2ccc(F)c(NC(=O)c3cc4c(s3)CCC4O)c2)n[nH]c1=O. The summed E-state index contributed by atoms with van der Waals surface area (Å²) in [5.74, 6) is -1.19. The van der Waals surface area contributed by atoms with Crippen molar-refractivity contribution >= 4 is 22.9 Å². The van der Waals surface area contributed by atoms with E-state index in [-0.39, 0.29) is 23.1 Å². The van der Waals surface area contributed by atoms with Gasteiger partial charge < -0.3 is 10.4 Å². The highest BCUT2D eigenvalue weighted by Gasteiger charge is 2.27. The van der Waals surface area contributed by atoms with E-state index in [9.17, 15) is 19.1 Å². The van der Waals surface area contributed by atoms with Gasteiger partial charge >= 0.3 is 0 Å². The number of nitrogens with zero attached hydrogens (tertiary/aromatic N) is 4. The van der Waals surface area contributed by atoms with Crippen LogP contribution in [0.1, 0.15) is 75.3 Å². The summed E-state index contributed by atoms with van der Waals surface area (Å²) in [5, 5.41) is 24.3. The van der Waals surface area contributed by atoms with Gasteiger partial charge in [0.2, 0.25) is 0 Å². The summed E-state index contributed by atoms with van der Waals surface area (Å²) in [7, 11) is 2.09. The molecule has 9 nitrogen and oxygen atoms in total. The van der Waals surface area contributed by atoms with Crippen molar-refractivity contribution in [3.63, 3.8) is 0 Å². The molecule has 1 aromatic carbocycles. The minimum atomic E-state index is -0.581. The lowest BCUT2D eigenvalue weighted by Crippen LogP contribution is -2.30. The van der Waals surface area contributed by atoms with Crippen LogP contribution in [0.5, 0.6) is 0 Å².